The van der Waals surface area contributed by atoms with Crippen LogP contribution in [0.3, 0.4) is 0 Å². The Labute approximate surface area is 109 Å². The van der Waals surface area contributed by atoms with E-state index in [4.69, 9.17) is 0 Å². The summed E-state index contributed by atoms with van der Waals surface area (Å²) in [5.74, 6) is -2.32. The number of aliphatic carboxylic acids is 1. The maximum Gasteiger partial charge on any atom is 0.356 e. The van der Waals surface area contributed by atoms with Crippen LogP contribution < -0.4 is 0 Å². The van der Waals surface area contributed by atoms with Crippen molar-refractivity contribution in [2.24, 2.45) is 20.9 Å². The van der Waals surface area contributed by atoms with Crippen molar-refractivity contribution >= 4 is 24.2 Å². The molecule has 0 aliphatic carbocycles. The fraction of sp³-hybridized carbons (Fsp3) is 0.636. The Kier molecular flexibility index (Phi) is 7.57. The van der Waals surface area contributed by atoms with E-state index >= 15 is 0 Å². The number of hydrogen-bond donors (Lipinski definition) is 1. The predicted octanol–water partition coefficient (Wildman–Crippen LogP) is 0.581. The summed E-state index contributed by atoms with van der Waals surface area (Å²) in [5.41, 5.74) is -2.25. The summed E-state index contributed by atoms with van der Waals surface area (Å²) in [6.45, 7) is 1.80. The van der Waals surface area contributed by atoms with Gasteiger partial charge in [-0.25, -0.2) is 24.2 Å². The fourth-order valence-corrected chi connectivity index (χ4v) is 1.78. The van der Waals surface area contributed by atoms with Crippen LogP contribution in [0.1, 0.15) is 26.2 Å². The second-order valence-corrected chi connectivity index (χ2v) is 3.68. The van der Waals surface area contributed by atoms with Gasteiger partial charge in [-0.3, -0.25) is 0 Å². The molecule has 0 aromatic rings. The van der Waals surface area contributed by atoms with Gasteiger partial charge in [-0.15, -0.1) is 0 Å². The Bertz CT molecular complexity index is 433. The second kappa shape index (κ2) is 8.66. The molecule has 0 aromatic heterocycles. The average molecular weight is 267 g/mol. The first-order chi connectivity index (χ1) is 9.08. The molecule has 0 rings (SSSR count). The van der Waals surface area contributed by atoms with Crippen LogP contribution in [0.4, 0.5) is 0 Å². The summed E-state index contributed by atoms with van der Waals surface area (Å²) >= 11 is 0. The van der Waals surface area contributed by atoms with Gasteiger partial charge >= 0.3 is 5.97 Å². The van der Waals surface area contributed by atoms with Crippen LogP contribution in [0, 0.1) is 5.92 Å². The van der Waals surface area contributed by atoms with Gasteiger partial charge in [-0.2, -0.15) is 9.98 Å². The third-order valence-corrected chi connectivity index (χ3v) is 2.61. The average Bonchev–Trinajstić information content (AvgIpc) is 2.37. The van der Waals surface area contributed by atoms with Gasteiger partial charge < -0.3 is 5.11 Å². The zero-order valence-corrected chi connectivity index (χ0v) is 10.3. The summed E-state index contributed by atoms with van der Waals surface area (Å²) in [6.07, 6.45) is 4.58. The Hall–Kier alpha value is -2.39. The van der Waals surface area contributed by atoms with Crippen LogP contribution in [0.2, 0.25) is 0 Å². The topological polar surface area (TPSA) is 126 Å². The summed E-state index contributed by atoms with van der Waals surface area (Å²) in [6, 6.07) is 0. The van der Waals surface area contributed by atoms with Gasteiger partial charge in [0, 0.05) is 5.92 Å². The minimum Gasteiger partial charge on any atom is -0.478 e. The van der Waals surface area contributed by atoms with Crippen molar-refractivity contribution in [3.05, 3.63) is 0 Å². The molecule has 1 N–H and O–H groups in total. The lowest BCUT2D eigenvalue weighted by atomic mass is 9.86. The molecule has 1 unspecified atom stereocenters. The van der Waals surface area contributed by atoms with Gasteiger partial charge in [0.2, 0.25) is 18.2 Å². The second-order valence-electron chi connectivity index (χ2n) is 3.68. The van der Waals surface area contributed by atoms with E-state index in [2.05, 4.69) is 15.0 Å². The number of isocyanates is 3. The van der Waals surface area contributed by atoms with Crippen LogP contribution in [-0.4, -0.2) is 41.5 Å². The Morgan fingerprint density at radius 1 is 1.16 bits per heavy atom. The van der Waals surface area contributed by atoms with E-state index in [0.717, 1.165) is 12.2 Å². The maximum atomic E-state index is 11.3. The molecule has 0 amide bonds. The molecule has 19 heavy (non-hydrogen) atoms. The lowest BCUT2D eigenvalue weighted by Crippen LogP contribution is -2.43. The highest BCUT2D eigenvalue weighted by molar-refractivity contribution is 5.81. The van der Waals surface area contributed by atoms with Crippen molar-refractivity contribution in [2.45, 2.75) is 31.8 Å². The number of carboxylic acids is 1. The van der Waals surface area contributed by atoms with Crippen LogP contribution in [-0.2, 0) is 19.2 Å². The number of rotatable bonds is 9. The monoisotopic (exact) mass is 267 g/mol. The molecule has 0 radical (unpaired) electrons. The summed E-state index contributed by atoms with van der Waals surface area (Å²) in [4.78, 5) is 51.8. The van der Waals surface area contributed by atoms with Crippen molar-refractivity contribution < 1.29 is 24.3 Å². The molecule has 0 saturated carbocycles. The van der Waals surface area contributed by atoms with Crippen molar-refractivity contribution in [3.8, 4) is 0 Å². The van der Waals surface area contributed by atoms with Gasteiger partial charge in [0.05, 0.1) is 6.54 Å². The van der Waals surface area contributed by atoms with E-state index in [1.807, 2.05) is 0 Å². The smallest absolute Gasteiger partial charge is 0.356 e. The highest BCUT2D eigenvalue weighted by Crippen LogP contribution is 2.31. The van der Waals surface area contributed by atoms with E-state index in [1.54, 1.807) is 6.92 Å². The largest absolute Gasteiger partial charge is 0.478 e. The first-order valence-electron chi connectivity index (χ1n) is 5.54. The standard InChI is InChI=1S/C11H13N3O5/c1-2-3-9(4-5-12-6-15)11(10(18)19,13-7-16)14-8-17/h9H,2-5H2,1H3,(H,18,19). The molecular formula is C11H13N3O5. The molecule has 0 aromatic carbocycles. The minimum absolute atomic E-state index is 0.00590. The maximum absolute atomic E-state index is 11.3. The Morgan fingerprint density at radius 3 is 2.11 bits per heavy atom. The molecule has 0 saturated heterocycles. The van der Waals surface area contributed by atoms with Gasteiger partial charge in [0.25, 0.3) is 5.66 Å². The number of nitrogens with zero attached hydrogens (tertiary/aromatic N) is 3. The number of aliphatic imine (C=N–C) groups is 3. The normalized spacial score (nSPS) is 13.9. The minimum atomic E-state index is -2.25. The van der Waals surface area contributed by atoms with E-state index in [9.17, 15) is 24.3 Å². The molecule has 102 valence electrons. The first kappa shape index (κ1) is 16.6. The quantitative estimate of drug-likeness (QED) is 0.483. The van der Waals surface area contributed by atoms with Gasteiger partial charge in [0.15, 0.2) is 0 Å². The molecular weight excluding hydrogens is 254 g/mol. The molecule has 0 aliphatic rings. The van der Waals surface area contributed by atoms with Crippen LogP contribution in [0.5, 0.6) is 0 Å². The number of carbonyl (C=O) groups excluding carboxylic acids is 3. The lowest BCUT2D eigenvalue weighted by molar-refractivity contribution is -0.145. The van der Waals surface area contributed by atoms with Crippen LogP contribution in [0.15, 0.2) is 15.0 Å². The Balaban J connectivity index is 5.56. The summed E-state index contributed by atoms with van der Waals surface area (Å²) in [5, 5.41) is 9.19. The summed E-state index contributed by atoms with van der Waals surface area (Å²) in [7, 11) is 0. The zero-order valence-electron chi connectivity index (χ0n) is 10.3. The molecule has 0 heterocycles. The zero-order chi connectivity index (χ0) is 14.7. The van der Waals surface area contributed by atoms with Gasteiger partial charge in [-0.1, -0.05) is 13.3 Å². The third-order valence-electron chi connectivity index (χ3n) is 2.61. The highest BCUT2D eigenvalue weighted by Gasteiger charge is 2.46. The molecule has 8 heteroatoms. The van der Waals surface area contributed by atoms with E-state index in [1.165, 1.54) is 6.08 Å². The van der Waals surface area contributed by atoms with Gasteiger partial charge in [0.1, 0.15) is 0 Å². The first-order valence-corrected chi connectivity index (χ1v) is 5.54. The van der Waals surface area contributed by atoms with Crippen molar-refractivity contribution in [1.29, 1.82) is 0 Å². The fourth-order valence-electron chi connectivity index (χ4n) is 1.78. The van der Waals surface area contributed by atoms with Gasteiger partial charge in [-0.05, 0) is 12.8 Å². The Morgan fingerprint density at radius 2 is 1.74 bits per heavy atom. The SMILES string of the molecule is CCCC(CCN=C=O)C(N=C=O)(N=C=O)C(=O)O. The molecule has 0 bridgehead atoms. The van der Waals surface area contributed by atoms with Crippen LogP contribution in [0.25, 0.3) is 0 Å². The predicted molar refractivity (Wildman–Crippen MR) is 62.6 cm³/mol. The molecule has 0 aliphatic heterocycles. The molecule has 1 atom stereocenters. The summed E-state index contributed by atoms with van der Waals surface area (Å²) < 4.78 is 0. The number of carboxylic acid groups (broad SMARTS) is 1. The van der Waals surface area contributed by atoms with Crippen LogP contribution >= 0.6 is 0 Å². The van der Waals surface area contributed by atoms with E-state index in [0.29, 0.717) is 12.8 Å². The van der Waals surface area contributed by atoms with Crippen molar-refractivity contribution in [2.75, 3.05) is 6.54 Å². The molecule has 0 fully saturated rings. The third kappa shape index (κ3) is 4.41. The number of carbonyl (C=O) groups is 1. The van der Waals surface area contributed by atoms with E-state index in [-0.39, 0.29) is 13.0 Å². The van der Waals surface area contributed by atoms with E-state index < -0.39 is 17.6 Å². The number of hydrogen-bond acceptors (Lipinski definition) is 7. The van der Waals surface area contributed by atoms with Crippen molar-refractivity contribution in [1.82, 2.24) is 0 Å². The molecule has 8 nitrogen and oxygen atoms in total. The van der Waals surface area contributed by atoms with Crippen molar-refractivity contribution in [3.63, 3.8) is 0 Å². The molecule has 0 spiro atoms. The highest BCUT2D eigenvalue weighted by atomic mass is 16.4. The lowest BCUT2D eigenvalue weighted by Gasteiger charge is -2.26.